The number of rotatable bonds is 4. The summed E-state index contributed by atoms with van der Waals surface area (Å²) in [6, 6.07) is 4.22. The van der Waals surface area contributed by atoms with Crippen LogP contribution in [0.25, 0.3) is 0 Å². The third-order valence-electron chi connectivity index (χ3n) is 3.95. The minimum atomic E-state index is -0.791. The van der Waals surface area contributed by atoms with Crippen molar-refractivity contribution in [3.63, 3.8) is 0 Å². The Morgan fingerprint density at radius 1 is 1.33 bits per heavy atom. The molecule has 1 heterocycles. The number of amides is 1. The first kappa shape index (κ1) is 15.3. The SMILES string of the molecule is Nc1c(F)cccc1C(=O)N1CCC(CCC(=O)O)CC1. The molecule has 0 radical (unpaired) electrons. The van der Waals surface area contributed by atoms with Crippen molar-refractivity contribution in [1.29, 1.82) is 0 Å². The van der Waals surface area contributed by atoms with Crippen LogP contribution in [0, 0.1) is 11.7 Å². The van der Waals surface area contributed by atoms with E-state index >= 15 is 0 Å². The molecule has 1 aromatic carbocycles. The lowest BCUT2D eigenvalue weighted by molar-refractivity contribution is -0.137. The van der Waals surface area contributed by atoms with Gasteiger partial charge in [0.15, 0.2) is 0 Å². The zero-order valence-corrected chi connectivity index (χ0v) is 11.7. The van der Waals surface area contributed by atoms with Crippen LogP contribution in [0.4, 0.5) is 10.1 Å². The minimum absolute atomic E-state index is 0.115. The molecule has 2 rings (SSSR count). The molecule has 0 atom stereocenters. The molecular weight excluding hydrogens is 275 g/mol. The number of carbonyl (C=O) groups is 2. The van der Waals surface area contributed by atoms with Crippen LogP contribution in [0.5, 0.6) is 0 Å². The Bertz CT molecular complexity index is 540. The van der Waals surface area contributed by atoms with Gasteiger partial charge in [-0.15, -0.1) is 0 Å². The van der Waals surface area contributed by atoms with E-state index in [0.717, 1.165) is 12.8 Å². The highest BCUT2D eigenvalue weighted by Crippen LogP contribution is 2.25. The number of carbonyl (C=O) groups excluding carboxylic acids is 1. The van der Waals surface area contributed by atoms with E-state index in [1.807, 2.05) is 0 Å². The van der Waals surface area contributed by atoms with Gasteiger partial charge in [-0.25, -0.2) is 4.39 Å². The van der Waals surface area contributed by atoms with E-state index < -0.39 is 11.8 Å². The van der Waals surface area contributed by atoms with Crippen LogP contribution in [-0.2, 0) is 4.79 Å². The number of para-hydroxylation sites is 1. The monoisotopic (exact) mass is 294 g/mol. The molecule has 1 amide bonds. The molecule has 0 bridgehead atoms. The fourth-order valence-electron chi connectivity index (χ4n) is 2.65. The smallest absolute Gasteiger partial charge is 0.303 e. The fraction of sp³-hybridized carbons (Fsp3) is 0.467. The summed E-state index contributed by atoms with van der Waals surface area (Å²) in [5.74, 6) is -1.31. The maximum absolute atomic E-state index is 13.4. The van der Waals surface area contributed by atoms with Gasteiger partial charge in [-0.3, -0.25) is 9.59 Å². The van der Waals surface area contributed by atoms with Crippen LogP contribution in [0.3, 0.4) is 0 Å². The molecule has 21 heavy (non-hydrogen) atoms. The summed E-state index contributed by atoms with van der Waals surface area (Å²) in [5.41, 5.74) is 5.69. The number of anilines is 1. The number of nitrogen functional groups attached to an aromatic ring is 1. The van der Waals surface area contributed by atoms with Gasteiger partial charge in [0.05, 0.1) is 11.3 Å². The molecule has 0 aliphatic carbocycles. The zero-order chi connectivity index (χ0) is 15.4. The van der Waals surface area contributed by atoms with Gasteiger partial charge >= 0.3 is 5.97 Å². The van der Waals surface area contributed by atoms with Crippen molar-refractivity contribution in [2.75, 3.05) is 18.8 Å². The van der Waals surface area contributed by atoms with E-state index in [1.54, 1.807) is 4.90 Å². The second kappa shape index (κ2) is 6.56. The lowest BCUT2D eigenvalue weighted by Crippen LogP contribution is -2.39. The molecule has 1 fully saturated rings. The number of nitrogens with two attached hydrogens (primary N) is 1. The van der Waals surface area contributed by atoms with Crippen molar-refractivity contribution in [2.24, 2.45) is 5.92 Å². The van der Waals surface area contributed by atoms with Crippen LogP contribution in [0.15, 0.2) is 18.2 Å². The van der Waals surface area contributed by atoms with Gasteiger partial charge in [0.1, 0.15) is 5.82 Å². The second-order valence-electron chi connectivity index (χ2n) is 5.37. The van der Waals surface area contributed by atoms with Gasteiger partial charge in [-0.05, 0) is 37.3 Å². The number of piperidine rings is 1. The van der Waals surface area contributed by atoms with E-state index in [2.05, 4.69) is 0 Å². The van der Waals surface area contributed by atoms with Gasteiger partial charge in [0, 0.05) is 19.5 Å². The summed E-state index contributed by atoms with van der Waals surface area (Å²) in [6.45, 7) is 1.11. The lowest BCUT2D eigenvalue weighted by atomic mass is 9.92. The van der Waals surface area contributed by atoms with E-state index in [4.69, 9.17) is 10.8 Å². The van der Waals surface area contributed by atoms with Gasteiger partial charge in [0.25, 0.3) is 5.91 Å². The first-order valence-corrected chi connectivity index (χ1v) is 7.04. The first-order chi connectivity index (χ1) is 9.99. The number of benzene rings is 1. The molecule has 5 nitrogen and oxygen atoms in total. The van der Waals surface area contributed by atoms with Crippen molar-refractivity contribution in [2.45, 2.75) is 25.7 Å². The van der Waals surface area contributed by atoms with Crippen molar-refractivity contribution >= 4 is 17.6 Å². The number of hydrogen-bond donors (Lipinski definition) is 2. The highest BCUT2D eigenvalue weighted by molar-refractivity contribution is 5.99. The molecule has 1 saturated heterocycles. The average molecular weight is 294 g/mol. The summed E-state index contributed by atoms with van der Waals surface area (Å²) in [4.78, 5) is 24.5. The quantitative estimate of drug-likeness (QED) is 0.833. The van der Waals surface area contributed by atoms with E-state index in [0.29, 0.717) is 25.4 Å². The molecule has 1 aliphatic rings. The van der Waals surface area contributed by atoms with Crippen LogP contribution >= 0.6 is 0 Å². The predicted molar refractivity (Wildman–Crippen MR) is 76.3 cm³/mol. The fourth-order valence-corrected chi connectivity index (χ4v) is 2.65. The number of likely N-dealkylation sites (tertiary alicyclic amines) is 1. The number of halogens is 1. The Morgan fingerprint density at radius 3 is 2.62 bits per heavy atom. The topological polar surface area (TPSA) is 83.6 Å². The van der Waals surface area contributed by atoms with Gasteiger partial charge in [0.2, 0.25) is 0 Å². The summed E-state index contributed by atoms with van der Waals surface area (Å²) in [7, 11) is 0. The van der Waals surface area contributed by atoms with Crippen molar-refractivity contribution in [3.8, 4) is 0 Å². The Morgan fingerprint density at radius 2 is 2.00 bits per heavy atom. The average Bonchev–Trinajstić information content (AvgIpc) is 2.48. The summed E-state index contributed by atoms with van der Waals surface area (Å²) in [5, 5.41) is 8.68. The minimum Gasteiger partial charge on any atom is -0.481 e. The number of carboxylic acid groups (broad SMARTS) is 1. The van der Waals surface area contributed by atoms with Crippen LogP contribution in [0.1, 0.15) is 36.0 Å². The molecule has 6 heteroatoms. The third kappa shape index (κ3) is 3.71. The molecule has 3 N–H and O–H groups in total. The molecular formula is C15H19FN2O3. The Kier molecular flexibility index (Phi) is 4.77. The molecule has 1 aliphatic heterocycles. The molecule has 0 saturated carbocycles. The van der Waals surface area contributed by atoms with Crippen molar-refractivity contribution < 1.29 is 19.1 Å². The maximum atomic E-state index is 13.4. The van der Waals surface area contributed by atoms with Crippen LogP contribution in [-0.4, -0.2) is 35.0 Å². The summed E-state index contributed by atoms with van der Waals surface area (Å²) >= 11 is 0. The van der Waals surface area contributed by atoms with Crippen molar-refractivity contribution in [1.82, 2.24) is 4.90 Å². The van der Waals surface area contributed by atoms with Crippen molar-refractivity contribution in [3.05, 3.63) is 29.6 Å². The Balaban J connectivity index is 1.94. The molecule has 1 aromatic rings. The molecule has 0 unspecified atom stereocenters. The highest BCUT2D eigenvalue weighted by Gasteiger charge is 2.25. The Labute approximate surface area is 122 Å². The number of aliphatic carboxylic acids is 1. The second-order valence-corrected chi connectivity index (χ2v) is 5.37. The highest BCUT2D eigenvalue weighted by atomic mass is 19.1. The largest absolute Gasteiger partial charge is 0.481 e. The first-order valence-electron chi connectivity index (χ1n) is 7.04. The maximum Gasteiger partial charge on any atom is 0.303 e. The number of carboxylic acids is 1. The third-order valence-corrected chi connectivity index (χ3v) is 3.95. The van der Waals surface area contributed by atoms with Crippen LogP contribution < -0.4 is 5.73 Å². The number of hydrogen-bond acceptors (Lipinski definition) is 3. The lowest BCUT2D eigenvalue weighted by Gasteiger charge is -2.32. The zero-order valence-electron chi connectivity index (χ0n) is 11.7. The van der Waals surface area contributed by atoms with Gasteiger partial charge in [-0.2, -0.15) is 0 Å². The van der Waals surface area contributed by atoms with E-state index in [-0.39, 0.29) is 23.6 Å². The summed E-state index contributed by atoms with van der Waals surface area (Å²) < 4.78 is 13.4. The van der Waals surface area contributed by atoms with E-state index in [1.165, 1.54) is 18.2 Å². The molecule has 0 aromatic heterocycles. The predicted octanol–water partition coefficient (Wildman–Crippen LogP) is 2.12. The Hall–Kier alpha value is -2.11. The van der Waals surface area contributed by atoms with Crippen LogP contribution in [0.2, 0.25) is 0 Å². The normalized spacial score (nSPS) is 16.0. The molecule has 114 valence electrons. The van der Waals surface area contributed by atoms with Gasteiger partial charge < -0.3 is 15.7 Å². The number of nitrogens with zero attached hydrogens (tertiary/aromatic N) is 1. The van der Waals surface area contributed by atoms with Gasteiger partial charge in [-0.1, -0.05) is 6.07 Å². The standard InChI is InChI=1S/C15H19FN2O3/c16-12-3-1-2-11(14(12)17)15(21)18-8-6-10(7-9-18)4-5-13(19)20/h1-3,10H,4-9,17H2,(H,19,20). The molecule has 0 spiro atoms. The summed E-state index contributed by atoms with van der Waals surface area (Å²) in [6.07, 6.45) is 2.34. The van der Waals surface area contributed by atoms with E-state index in [9.17, 15) is 14.0 Å².